The third-order valence-corrected chi connectivity index (χ3v) is 8.87. The molecule has 2 aliphatic heterocycles. The zero-order valence-electron chi connectivity index (χ0n) is 23.9. The molecule has 1 atom stereocenters. The van der Waals surface area contributed by atoms with Crippen molar-refractivity contribution < 1.29 is 14.3 Å². The molecule has 0 bridgehead atoms. The van der Waals surface area contributed by atoms with Gasteiger partial charge < -0.3 is 19.0 Å². The lowest BCUT2D eigenvalue weighted by Gasteiger charge is -2.23. The molecule has 8 nitrogen and oxygen atoms in total. The number of aromatic amines is 1. The van der Waals surface area contributed by atoms with Gasteiger partial charge in [0.15, 0.2) is 0 Å². The van der Waals surface area contributed by atoms with Crippen LogP contribution in [0.1, 0.15) is 68.9 Å². The number of hydrogen-bond donors (Lipinski definition) is 1. The van der Waals surface area contributed by atoms with E-state index in [-0.39, 0.29) is 23.6 Å². The fourth-order valence-electron chi connectivity index (χ4n) is 6.39. The monoisotopic (exact) mass is 556 g/mol. The van der Waals surface area contributed by atoms with Crippen LogP contribution in [0.4, 0.5) is 0 Å². The maximum absolute atomic E-state index is 13.2. The summed E-state index contributed by atoms with van der Waals surface area (Å²) in [5.74, 6) is 1.14. The van der Waals surface area contributed by atoms with Crippen LogP contribution < -0.4 is 5.56 Å². The van der Waals surface area contributed by atoms with Gasteiger partial charge in [0.25, 0.3) is 5.56 Å². The van der Waals surface area contributed by atoms with Gasteiger partial charge in [-0.25, -0.2) is 4.98 Å². The molecule has 216 valence electrons. The van der Waals surface area contributed by atoms with E-state index in [0.717, 1.165) is 106 Å². The topological polar surface area (TPSA) is 98.6 Å². The number of nitrogens with one attached hydrogen (secondary N) is 1. The molecule has 0 spiro atoms. The number of aromatic nitrogens is 3. The fraction of sp³-hybridized carbons (Fsp3) is 0.515. The first-order valence-electron chi connectivity index (χ1n) is 15.2. The SMILES string of the molecule is Cc1cc(-c2nc3cc(CC[C@@H](CC4=CN=CC4)C(=O)OC4CCCC4)ccc3n2CC2CCOCC2)c[nH]c1=O. The number of aliphatic imine (C=N–C) groups is 1. The molecule has 2 aromatic heterocycles. The second-order valence-electron chi connectivity index (χ2n) is 11.9. The molecule has 0 unspecified atom stereocenters. The van der Waals surface area contributed by atoms with Crippen LogP contribution in [0, 0.1) is 18.8 Å². The van der Waals surface area contributed by atoms with E-state index in [4.69, 9.17) is 14.5 Å². The molecule has 3 aromatic rings. The molecule has 4 heterocycles. The second-order valence-corrected chi connectivity index (χ2v) is 11.9. The van der Waals surface area contributed by atoms with Gasteiger partial charge in [0.2, 0.25) is 0 Å². The molecule has 1 aliphatic carbocycles. The van der Waals surface area contributed by atoms with Crippen LogP contribution in [0.15, 0.2) is 52.0 Å². The molecule has 1 saturated heterocycles. The van der Waals surface area contributed by atoms with Crippen LogP contribution in [0.5, 0.6) is 0 Å². The highest BCUT2D eigenvalue weighted by Gasteiger charge is 2.27. The first-order chi connectivity index (χ1) is 20.0. The van der Waals surface area contributed by atoms with Crippen molar-refractivity contribution in [2.75, 3.05) is 13.2 Å². The number of imidazole rings is 1. The largest absolute Gasteiger partial charge is 0.462 e. The predicted octanol–water partition coefficient (Wildman–Crippen LogP) is 5.91. The molecule has 1 N–H and O–H groups in total. The van der Waals surface area contributed by atoms with Gasteiger partial charge in [-0.1, -0.05) is 6.07 Å². The minimum atomic E-state index is -0.176. The van der Waals surface area contributed by atoms with Crippen molar-refractivity contribution in [2.24, 2.45) is 16.8 Å². The van der Waals surface area contributed by atoms with Crippen molar-refractivity contribution >= 4 is 23.2 Å². The van der Waals surface area contributed by atoms with E-state index in [1.54, 1.807) is 6.20 Å². The first-order valence-corrected chi connectivity index (χ1v) is 15.2. The van der Waals surface area contributed by atoms with Crippen LogP contribution in [0.3, 0.4) is 0 Å². The van der Waals surface area contributed by atoms with Gasteiger partial charge in [0, 0.05) is 55.9 Å². The Labute approximate surface area is 240 Å². The van der Waals surface area contributed by atoms with E-state index in [1.807, 2.05) is 25.4 Å². The van der Waals surface area contributed by atoms with Crippen molar-refractivity contribution in [3.63, 3.8) is 0 Å². The fourth-order valence-corrected chi connectivity index (χ4v) is 6.39. The minimum absolute atomic E-state index is 0.0674. The molecular weight excluding hydrogens is 516 g/mol. The number of allylic oxidation sites excluding steroid dienone is 1. The number of carbonyl (C=O) groups excluding carboxylic acids is 1. The number of aryl methyl sites for hydroxylation is 2. The summed E-state index contributed by atoms with van der Waals surface area (Å²) < 4.78 is 13.8. The van der Waals surface area contributed by atoms with Crippen molar-refractivity contribution in [1.29, 1.82) is 0 Å². The van der Waals surface area contributed by atoms with E-state index in [2.05, 4.69) is 32.7 Å². The van der Waals surface area contributed by atoms with Crippen LogP contribution >= 0.6 is 0 Å². The molecule has 3 aliphatic rings. The molecule has 0 amide bonds. The van der Waals surface area contributed by atoms with Crippen LogP contribution in [-0.4, -0.2) is 46.0 Å². The number of ether oxygens (including phenoxy) is 2. The Morgan fingerprint density at radius 3 is 2.76 bits per heavy atom. The molecule has 41 heavy (non-hydrogen) atoms. The van der Waals surface area contributed by atoms with Gasteiger partial charge in [-0.05, 0) is 100.0 Å². The van der Waals surface area contributed by atoms with Crippen molar-refractivity contribution in [3.05, 3.63) is 63.7 Å². The average Bonchev–Trinajstić information content (AvgIpc) is 3.75. The van der Waals surface area contributed by atoms with Crippen molar-refractivity contribution in [1.82, 2.24) is 14.5 Å². The van der Waals surface area contributed by atoms with Gasteiger partial charge in [0.05, 0.1) is 17.0 Å². The average molecular weight is 557 g/mol. The Morgan fingerprint density at radius 1 is 1.17 bits per heavy atom. The lowest BCUT2D eigenvalue weighted by molar-refractivity contribution is -0.154. The number of hydrogen-bond acceptors (Lipinski definition) is 6. The number of rotatable bonds is 10. The van der Waals surface area contributed by atoms with E-state index in [0.29, 0.717) is 17.9 Å². The maximum atomic E-state index is 13.2. The summed E-state index contributed by atoms with van der Waals surface area (Å²) in [5.41, 5.74) is 5.88. The number of fused-ring (bicyclic) bond motifs is 1. The second kappa shape index (κ2) is 12.6. The van der Waals surface area contributed by atoms with E-state index in [1.165, 1.54) is 5.57 Å². The number of esters is 1. The van der Waals surface area contributed by atoms with Gasteiger partial charge >= 0.3 is 5.97 Å². The zero-order chi connectivity index (χ0) is 28.2. The van der Waals surface area contributed by atoms with E-state index >= 15 is 0 Å². The summed E-state index contributed by atoms with van der Waals surface area (Å²) in [6, 6.07) is 8.42. The normalized spacial score (nSPS) is 18.7. The smallest absolute Gasteiger partial charge is 0.309 e. The van der Waals surface area contributed by atoms with Gasteiger partial charge in [-0.15, -0.1) is 0 Å². The standard InChI is InChI=1S/C33H40N4O4/c1-22-16-27(20-35-32(22)38)31-36-29-18-23(7-9-30(29)37(31)21-24-11-14-40-15-12-24)6-8-26(17-25-10-13-34-19-25)33(39)41-28-4-2-3-5-28/h7,9,13,16,18-20,24,26,28H,2-6,8,10-12,14-15,17,21H2,1H3,(H,35,38)/t26-/m0/s1. The van der Waals surface area contributed by atoms with Gasteiger partial charge in [-0.2, -0.15) is 0 Å². The number of carbonyl (C=O) groups is 1. The Hall–Kier alpha value is -3.52. The van der Waals surface area contributed by atoms with Gasteiger partial charge in [0.1, 0.15) is 11.9 Å². The van der Waals surface area contributed by atoms with E-state index < -0.39 is 0 Å². The molecule has 2 fully saturated rings. The molecule has 8 heteroatoms. The van der Waals surface area contributed by atoms with Crippen LogP contribution in [-0.2, 0) is 27.2 Å². The highest BCUT2D eigenvalue weighted by atomic mass is 16.5. The minimum Gasteiger partial charge on any atom is -0.462 e. The summed E-state index contributed by atoms with van der Waals surface area (Å²) in [6.07, 6.45) is 15.0. The zero-order valence-corrected chi connectivity index (χ0v) is 23.9. The Morgan fingerprint density at radius 2 is 2.00 bits per heavy atom. The number of benzene rings is 1. The van der Waals surface area contributed by atoms with Crippen LogP contribution in [0.2, 0.25) is 0 Å². The van der Waals surface area contributed by atoms with Crippen molar-refractivity contribution in [2.45, 2.75) is 83.8 Å². The third-order valence-electron chi connectivity index (χ3n) is 8.87. The summed E-state index contributed by atoms with van der Waals surface area (Å²) in [5, 5.41) is 0. The summed E-state index contributed by atoms with van der Waals surface area (Å²) >= 11 is 0. The Bertz CT molecular complexity index is 1510. The molecule has 6 rings (SSSR count). The molecular formula is C33H40N4O4. The quantitative estimate of drug-likeness (QED) is 0.313. The Balaban J connectivity index is 1.25. The van der Waals surface area contributed by atoms with E-state index in [9.17, 15) is 9.59 Å². The third kappa shape index (κ3) is 6.53. The molecule has 1 aromatic carbocycles. The lowest BCUT2D eigenvalue weighted by atomic mass is 9.92. The number of nitrogens with zero attached hydrogens (tertiary/aromatic N) is 3. The number of H-pyrrole nitrogens is 1. The summed E-state index contributed by atoms with van der Waals surface area (Å²) in [6.45, 7) is 4.27. The lowest BCUT2D eigenvalue weighted by Crippen LogP contribution is -2.24. The molecule has 0 radical (unpaired) electrons. The highest BCUT2D eigenvalue weighted by Crippen LogP contribution is 2.31. The number of pyridine rings is 1. The van der Waals surface area contributed by atoms with Crippen molar-refractivity contribution in [3.8, 4) is 11.4 Å². The predicted molar refractivity (Wildman–Crippen MR) is 160 cm³/mol. The van der Waals surface area contributed by atoms with Crippen LogP contribution in [0.25, 0.3) is 22.4 Å². The summed E-state index contributed by atoms with van der Waals surface area (Å²) in [7, 11) is 0. The van der Waals surface area contributed by atoms with Gasteiger partial charge in [-0.3, -0.25) is 14.6 Å². The molecule has 1 saturated carbocycles. The first kappa shape index (κ1) is 27.6. The maximum Gasteiger partial charge on any atom is 0.309 e. The Kier molecular flexibility index (Phi) is 8.46. The highest BCUT2D eigenvalue weighted by molar-refractivity contribution is 5.81. The summed E-state index contributed by atoms with van der Waals surface area (Å²) in [4.78, 5) is 37.5.